The van der Waals surface area contributed by atoms with Crippen LogP contribution in [0.3, 0.4) is 0 Å². The van der Waals surface area contributed by atoms with Gasteiger partial charge in [0.15, 0.2) is 11.0 Å². The Labute approximate surface area is 87.8 Å². The second kappa shape index (κ2) is 4.31. The van der Waals surface area contributed by atoms with E-state index in [1.165, 1.54) is 11.9 Å². The van der Waals surface area contributed by atoms with Gasteiger partial charge in [0.05, 0.1) is 18.1 Å². The first-order valence-corrected chi connectivity index (χ1v) is 4.77. The van der Waals surface area contributed by atoms with Crippen molar-refractivity contribution in [1.29, 1.82) is 0 Å². The Bertz CT molecular complexity index is 301. The van der Waals surface area contributed by atoms with E-state index in [4.69, 9.17) is 11.6 Å². The fraction of sp³-hybridized carbons (Fsp3) is 0.667. The molecule has 1 aromatic rings. The molecule has 0 bridgehead atoms. The molecule has 0 spiro atoms. The van der Waals surface area contributed by atoms with E-state index in [1.54, 1.807) is 0 Å². The Balaban J connectivity index is 2.51. The highest BCUT2D eigenvalue weighted by Crippen LogP contribution is 2.24. The first kappa shape index (κ1) is 11.5. The van der Waals surface area contributed by atoms with Crippen molar-refractivity contribution in [3.63, 3.8) is 0 Å². The van der Waals surface area contributed by atoms with Gasteiger partial charge in [-0.05, 0) is 0 Å². The highest BCUT2D eigenvalue weighted by atomic mass is 35.5. The van der Waals surface area contributed by atoms with Crippen LogP contribution in [0.1, 0.15) is 6.42 Å². The molecule has 0 saturated heterocycles. The normalized spacial score (nSPS) is 11.8. The zero-order chi connectivity index (χ0) is 10.8. The molecule has 0 fully saturated rings. The Morgan fingerprint density at radius 2 is 2.07 bits per heavy atom. The second-order valence-corrected chi connectivity index (χ2v) is 3.55. The summed E-state index contributed by atoms with van der Waals surface area (Å²) >= 11 is 6.47. The van der Waals surface area contributed by atoms with Crippen molar-refractivity contribution in [1.82, 2.24) is 8.75 Å². The highest BCUT2D eigenvalue weighted by Gasteiger charge is 2.27. The summed E-state index contributed by atoms with van der Waals surface area (Å²) in [7, 11) is 1.49. The fourth-order valence-corrected chi connectivity index (χ4v) is 1.63. The monoisotopic (exact) mass is 245 g/mol. The number of anilines is 1. The van der Waals surface area contributed by atoms with Crippen molar-refractivity contribution in [3.8, 4) is 0 Å². The first-order chi connectivity index (χ1) is 6.40. The van der Waals surface area contributed by atoms with Crippen LogP contribution in [0.25, 0.3) is 0 Å². The molecule has 80 valence electrons. The van der Waals surface area contributed by atoms with Gasteiger partial charge in [-0.2, -0.15) is 21.9 Å². The fourth-order valence-electron chi connectivity index (χ4n) is 0.801. The molecular formula is C6H7ClF3N3S. The largest absolute Gasteiger partial charge is 0.390 e. The van der Waals surface area contributed by atoms with Gasteiger partial charge in [-0.3, -0.25) is 0 Å². The lowest BCUT2D eigenvalue weighted by atomic mass is 10.4. The zero-order valence-corrected chi connectivity index (χ0v) is 8.75. The summed E-state index contributed by atoms with van der Waals surface area (Å²) in [5.41, 5.74) is 0. The van der Waals surface area contributed by atoms with E-state index < -0.39 is 12.6 Å². The van der Waals surface area contributed by atoms with Gasteiger partial charge in [0, 0.05) is 13.6 Å². The van der Waals surface area contributed by atoms with Gasteiger partial charge in [-0.1, -0.05) is 11.6 Å². The molecule has 0 atom stereocenters. The van der Waals surface area contributed by atoms with Crippen molar-refractivity contribution in [2.24, 2.45) is 0 Å². The maximum absolute atomic E-state index is 11.9. The van der Waals surface area contributed by atoms with Gasteiger partial charge in [-0.15, -0.1) is 0 Å². The van der Waals surface area contributed by atoms with Crippen LogP contribution in [0.4, 0.5) is 19.0 Å². The van der Waals surface area contributed by atoms with Crippen LogP contribution in [0, 0.1) is 0 Å². The molecule has 1 rings (SSSR count). The maximum Gasteiger partial charge on any atom is 0.390 e. The van der Waals surface area contributed by atoms with Crippen LogP contribution in [-0.4, -0.2) is 28.5 Å². The number of halogens is 4. The van der Waals surface area contributed by atoms with Crippen LogP contribution in [0.2, 0.25) is 5.15 Å². The van der Waals surface area contributed by atoms with E-state index >= 15 is 0 Å². The maximum atomic E-state index is 11.9. The predicted octanol–water partition coefficient (Wildman–Crippen LogP) is 2.58. The number of nitrogens with zero attached hydrogens (tertiary/aromatic N) is 3. The highest BCUT2D eigenvalue weighted by molar-refractivity contribution is 6.99. The van der Waals surface area contributed by atoms with Crippen LogP contribution >= 0.6 is 23.3 Å². The number of hydrogen-bond acceptors (Lipinski definition) is 4. The Morgan fingerprint density at radius 1 is 1.43 bits per heavy atom. The first-order valence-electron chi connectivity index (χ1n) is 3.66. The summed E-state index contributed by atoms with van der Waals surface area (Å²) in [5, 5.41) is 0.139. The SMILES string of the molecule is CN(CCC(F)(F)F)c1nsnc1Cl. The van der Waals surface area contributed by atoms with E-state index in [2.05, 4.69) is 8.75 Å². The van der Waals surface area contributed by atoms with Gasteiger partial charge in [0.25, 0.3) is 0 Å². The molecule has 8 heteroatoms. The molecule has 14 heavy (non-hydrogen) atoms. The number of hydrogen-bond donors (Lipinski definition) is 0. The van der Waals surface area contributed by atoms with E-state index in [1.807, 2.05) is 0 Å². The van der Waals surface area contributed by atoms with E-state index in [-0.39, 0.29) is 11.7 Å². The average Bonchev–Trinajstić information content (AvgIpc) is 2.46. The average molecular weight is 246 g/mol. The van der Waals surface area contributed by atoms with Gasteiger partial charge in [-0.25, -0.2) is 0 Å². The Kier molecular flexibility index (Phi) is 3.54. The molecule has 0 unspecified atom stereocenters. The van der Waals surface area contributed by atoms with Crippen molar-refractivity contribution < 1.29 is 13.2 Å². The number of aromatic nitrogens is 2. The third-order valence-corrected chi connectivity index (χ3v) is 2.40. The van der Waals surface area contributed by atoms with Crippen molar-refractivity contribution in [2.45, 2.75) is 12.6 Å². The molecule has 3 nitrogen and oxygen atoms in total. The van der Waals surface area contributed by atoms with E-state index in [0.717, 1.165) is 11.7 Å². The predicted molar refractivity (Wildman–Crippen MR) is 48.9 cm³/mol. The molecule has 0 amide bonds. The topological polar surface area (TPSA) is 29.0 Å². The molecule has 1 heterocycles. The lowest BCUT2D eigenvalue weighted by Gasteiger charge is -2.16. The second-order valence-electron chi connectivity index (χ2n) is 2.67. The molecule has 1 aromatic heterocycles. The summed E-state index contributed by atoms with van der Waals surface area (Å²) in [6, 6.07) is 0. The smallest absolute Gasteiger partial charge is 0.356 e. The molecule has 0 saturated carbocycles. The van der Waals surface area contributed by atoms with Crippen LogP contribution < -0.4 is 4.90 Å². The molecule has 0 aliphatic carbocycles. The minimum absolute atomic E-state index is 0.139. The lowest BCUT2D eigenvalue weighted by Crippen LogP contribution is -2.24. The van der Waals surface area contributed by atoms with Gasteiger partial charge in [0.2, 0.25) is 0 Å². The molecule has 0 aromatic carbocycles. The summed E-state index contributed by atoms with van der Waals surface area (Å²) in [6.45, 7) is -0.172. The Hall–Kier alpha value is -0.560. The van der Waals surface area contributed by atoms with Crippen molar-refractivity contribution in [3.05, 3.63) is 5.15 Å². The summed E-state index contributed by atoms with van der Waals surface area (Å²) in [6.07, 6.45) is -5.05. The number of alkyl halides is 3. The third-order valence-electron chi connectivity index (χ3n) is 1.53. The molecule has 0 N–H and O–H groups in total. The van der Waals surface area contributed by atoms with Crippen LogP contribution in [0.5, 0.6) is 0 Å². The lowest BCUT2D eigenvalue weighted by molar-refractivity contribution is -0.132. The van der Waals surface area contributed by atoms with Gasteiger partial charge in [0.1, 0.15) is 0 Å². The molecule has 0 aliphatic rings. The molecule has 0 radical (unpaired) electrons. The quantitative estimate of drug-likeness (QED) is 0.820. The molecular weight excluding hydrogens is 239 g/mol. The zero-order valence-electron chi connectivity index (χ0n) is 7.18. The van der Waals surface area contributed by atoms with Gasteiger partial charge >= 0.3 is 6.18 Å². The molecule has 0 aliphatic heterocycles. The van der Waals surface area contributed by atoms with E-state index in [0.29, 0.717) is 5.82 Å². The number of rotatable bonds is 3. The summed E-state index contributed by atoms with van der Waals surface area (Å²) in [5.74, 6) is 0.293. The Morgan fingerprint density at radius 3 is 2.50 bits per heavy atom. The van der Waals surface area contributed by atoms with Crippen molar-refractivity contribution in [2.75, 3.05) is 18.5 Å². The summed E-state index contributed by atoms with van der Waals surface area (Å²) < 4.78 is 43.0. The minimum Gasteiger partial charge on any atom is -0.356 e. The van der Waals surface area contributed by atoms with Gasteiger partial charge < -0.3 is 4.90 Å². The third kappa shape index (κ3) is 3.30. The van der Waals surface area contributed by atoms with Crippen molar-refractivity contribution >= 4 is 29.1 Å². The van der Waals surface area contributed by atoms with Crippen LogP contribution in [-0.2, 0) is 0 Å². The van der Waals surface area contributed by atoms with E-state index in [9.17, 15) is 13.2 Å². The van der Waals surface area contributed by atoms with Crippen LogP contribution in [0.15, 0.2) is 0 Å². The minimum atomic E-state index is -4.16. The standard InChI is InChI=1S/C6H7ClF3N3S/c1-13(3-2-6(8,9)10)5-4(7)11-14-12-5/h2-3H2,1H3. The summed E-state index contributed by atoms with van der Waals surface area (Å²) in [4.78, 5) is 1.33.